The van der Waals surface area contributed by atoms with Gasteiger partial charge in [-0.3, -0.25) is 4.79 Å². The van der Waals surface area contributed by atoms with Crippen LogP contribution in [0.1, 0.15) is 28.4 Å². The topological polar surface area (TPSA) is 58.6 Å². The van der Waals surface area contributed by atoms with E-state index < -0.39 is 5.60 Å². The van der Waals surface area contributed by atoms with Crippen molar-refractivity contribution in [2.45, 2.75) is 19.1 Å². The molecule has 4 nitrogen and oxygen atoms in total. The van der Waals surface area contributed by atoms with Crippen molar-refractivity contribution in [3.63, 3.8) is 0 Å². The maximum absolute atomic E-state index is 12.9. The van der Waals surface area contributed by atoms with Crippen LogP contribution >= 0.6 is 0 Å². The molecule has 1 atom stereocenters. The van der Waals surface area contributed by atoms with Crippen molar-refractivity contribution < 1.29 is 19.0 Å². The number of hydrogen-bond donors (Lipinski definition) is 2. The van der Waals surface area contributed by atoms with Gasteiger partial charge in [-0.25, -0.2) is 4.39 Å². The summed E-state index contributed by atoms with van der Waals surface area (Å²) in [6, 6.07) is 12.6. The normalized spacial score (nSPS) is 13.4. The summed E-state index contributed by atoms with van der Waals surface area (Å²) in [6.07, 6.45) is 0. The van der Waals surface area contributed by atoms with Crippen molar-refractivity contribution >= 4 is 5.91 Å². The molecule has 1 amide bonds. The molecular formula is C18H20FNO3. The second-order valence-electron chi connectivity index (χ2n) is 5.60. The van der Waals surface area contributed by atoms with E-state index in [4.69, 9.17) is 4.74 Å². The van der Waals surface area contributed by atoms with Crippen LogP contribution in [0.15, 0.2) is 48.5 Å². The van der Waals surface area contributed by atoms with Crippen LogP contribution in [-0.4, -0.2) is 24.7 Å². The van der Waals surface area contributed by atoms with Crippen molar-refractivity contribution in [2.75, 3.05) is 13.7 Å². The molecule has 23 heavy (non-hydrogen) atoms. The van der Waals surface area contributed by atoms with E-state index in [1.807, 2.05) is 6.07 Å². The van der Waals surface area contributed by atoms with E-state index in [1.54, 1.807) is 32.2 Å². The minimum atomic E-state index is -1.28. The number of carbonyl (C=O) groups is 1. The molecule has 0 aliphatic heterocycles. The van der Waals surface area contributed by atoms with Gasteiger partial charge in [-0.05, 0) is 42.3 Å². The zero-order valence-corrected chi connectivity index (χ0v) is 13.2. The molecular weight excluding hydrogens is 297 g/mol. The predicted octanol–water partition coefficient (Wildman–Crippen LogP) is 2.61. The minimum absolute atomic E-state index is 0.0198. The van der Waals surface area contributed by atoms with Crippen molar-refractivity contribution in [2.24, 2.45) is 0 Å². The van der Waals surface area contributed by atoms with E-state index in [0.29, 0.717) is 17.7 Å². The van der Waals surface area contributed by atoms with E-state index >= 15 is 0 Å². The number of carbonyl (C=O) groups excluding carboxylic acids is 1. The van der Waals surface area contributed by atoms with Crippen LogP contribution in [0, 0.1) is 5.82 Å². The molecule has 0 bridgehead atoms. The number of rotatable bonds is 6. The van der Waals surface area contributed by atoms with Crippen LogP contribution in [0.5, 0.6) is 0 Å². The molecule has 2 rings (SSSR count). The van der Waals surface area contributed by atoms with E-state index in [-0.39, 0.29) is 18.3 Å². The summed E-state index contributed by atoms with van der Waals surface area (Å²) in [4.78, 5) is 12.2. The molecule has 0 radical (unpaired) electrons. The Kier molecular flexibility index (Phi) is 5.47. The zero-order valence-electron chi connectivity index (χ0n) is 13.2. The Morgan fingerprint density at radius 1 is 1.26 bits per heavy atom. The van der Waals surface area contributed by atoms with Gasteiger partial charge < -0.3 is 15.2 Å². The van der Waals surface area contributed by atoms with Gasteiger partial charge in [0.2, 0.25) is 0 Å². The first-order valence-corrected chi connectivity index (χ1v) is 7.27. The molecule has 0 saturated carbocycles. The smallest absolute Gasteiger partial charge is 0.251 e. The summed E-state index contributed by atoms with van der Waals surface area (Å²) in [5.74, 6) is -0.658. The third-order valence-corrected chi connectivity index (χ3v) is 3.56. The fourth-order valence-electron chi connectivity index (χ4n) is 2.23. The Morgan fingerprint density at radius 2 is 1.96 bits per heavy atom. The Morgan fingerprint density at radius 3 is 2.61 bits per heavy atom. The van der Waals surface area contributed by atoms with Gasteiger partial charge in [0.15, 0.2) is 0 Å². The fourth-order valence-corrected chi connectivity index (χ4v) is 2.23. The number of hydrogen-bond acceptors (Lipinski definition) is 3. The first-order chi connectivity index (χ1) is 10.9. The number of aliphatic hydroxyl groups is 1. The van der Waals surface area contributed by atoms with Crippen molar-refractivity contribution in [1.29, 1.82) is 0 Å². The summed E-state index contributed by atoms with van der Waals surface area (Å²) in [5, 5.41) is 13.2. The lowest BCUT2D eigenvalue weighted by Gasteiger charge is -2.24. The molecule has 0 spiro atoms. The maximum atomic E-state index is 12.9. The lowest BCUT2D eigenvalue weighted by atomic mass is 9.96. The first-order valence-electron chi connectivity index (χ1n) is 7.27. The van der Waals surface area contributed by atoms with Gasteiger partial charge in [0.05, 0.1) is 13.2 Å². The molecule has 2 N–H and O–H groups in total. The van der Waals surface area contributed by atoms with Gasteiger partial charge in [0.25, 0.3) is 5.91 Å². The number of nitrogens with one attached hydrogen (secondary N) is 1. The molecule has 122 valence electrons. The summed E-state index contributed by atoms with van der Waals surface area (Å²) in [7, 11) is 1.59. The summed E-state index contributed by atoms with van der Waals surface area (Å²) in [5.41, 5.74) is 0.639. The number of amides is 1. The summed E-state index contributed by atoms with van der Waals surface area (Å²) in [6.45, 7) is 2.02. The molecule has 5 heteroatoms. The SMILES string of the molecule is COCc1cccc(C(=O)NCC(C)(O)c2ccc(F)cc2)c1. The quantitative estimate of drug-likeness (QED) is 0.861. The van der Waals surface area contributed by atoms with E-state index in [0.717, 1.165) is 5.56 Å². The van der Waals surface area contributed by atoms with Gasteiger partial charge in [-0.15, -0.1) is 0 Å². The van der Waals surface area contributed by atoms with Crippen LogP contribution in [0.25, 0.3) is 0 Å². The minimum Gasteiger partial charge on any atom is -0.384 e. The molecule has 1 unspecified atom stereocenters. The fraction of sp³-hybridized carbons (Fsp3) is 0.278. The summed E-state index contributed by atoms with van der Waals surface area (Å²) < 4.78 is 18.0. The van der Waals surface area contributed by atoms with Crippen LogP contribution < -0.4 is 5.32 Å². The van der Waals surface area contributed by atoms with Crippen LogP contribution in [0.4, 0.5) is 4.39 Å². The highest BCUT2D eigenvalue weighted by Gasteiger charge is 2.24. The lowest BCUT2D eigenvalue weighted by molar-refractivity contribution is 0.0526. The number of methoxy groups -OCH3 is 1. The standard InChI is InChI=1S/C18H20FNO3/c1-18(22,15-6-8-16(19)9-7-15)12-20-17(21)14-5-3-4-13(10-14)11-23-2/h3-10,22H,11-12H2,1-2H3,(H,20,21). The van der Waals surface area contributed by atoms with E-state index in [2.05, 4.69) is 5.32 Å². The highest BCUT2D eigenvalue weighted by Crippen LogP contribution is 2.20. The molecule has 0 aliphatic carbocycles. The molecule has 0 fully saturated rings. The number of ether oxygens (including phenoxy) is 1. The van der Waals surface area contributed by atoms with Gasteiger partial charge >= 0.3 is 0 Å². The van der Waals surface area contributed by atoms with Gasteiger partial charge in [0.1, 0.15) is 11.4 Å². The van der Waals surface area contributed by atoms with Gasteiger partial charge in [0, 0.05) is 12.7 Å². The molecule has 2 aromatic rings. The molecule has 2 aromatic carbocycles. The maximum Gasteiger partial charge on any atom is 0.251 e. The monoisotopic (exact) mass is 317 g/mol. The Balaban J connectivity index is 2.03. The molecule has 0 aromatic heterocycles. The highest BCUT2D eigenvalue weighted by atomic mass is 19.1. The molecule has 0 heterocycles. The largest absolute Gasteiger partial charge is 0.384 e. The van der Waals surface area contributed by atoms with Crippen LogP contribution in [-0.2, 0) is 16.9 Å². The average molecular weight is 317 g/mol. The Bertz CT molecular complexity index is 668. The van der Waals surface area contributed by atoms with Gasteiger partial charge in [-0.2, -0.15) is 0 Å². The second kappa shape index (κ2) is 7.35. The molecule has 0 saturated heterocycles. The Hall–Kier alpha value is -2.24. The second-order valence-corrected chi connectivity index (χ2v) is 5.60. The average Bonchev–Trinajstić information content (AvgIpc) is 2.54. The van der Waals surface area contributed by atoms with E-state index in [9.17, 15) is 14.3 Å². The van der Waals surface area contributed by atoms with Crippen LogP contribution in [0.2, 0.25) is 0 Å². The Labute approximate surface area is 134 Å². The van der Waals surface area contributed by atoms with E-state index in [1.165, 1.54) is 24.3 Å². The number of benzene rings is 2. The summed E-state index contributed by atoms with van der Waals surface area (Å²) >= 11 is 0. The predicted molar refractivity (Wildman–Crippen MR) is 85.5 cm³/mol. The van der Waals surface area contributed by atoms with Crippen molar-refractivity contribution in [3.8, 4) is 0 Å². The van der Waals surface area contributed by atoms with Crippen molar-refractivity contribution in [3.05, 3.63) is 71.0 Å². The van der Waals surface area contributed by atoms with Crippen molar-refractivity contribution in [1.82, 2.24) is 5.32 Å². The lowest BCUT2D eigenvalue weighted by Crippen LogP contribution is -2.38. The third kappa shape index (κ3) is 4.61. The van der Waals surface area contributed by atoms with Gasteiger partial charge in [-0.1, -0.05) is 24.3 Å². The van der Waals surface area contributed by atoms with Crippen LogP contribution in [0.3, 0.4) is 0 Å². The molecule has 0 aliphatic rings. The number of halogens is 1. The zero-order chi connectivity index (χ0) is 16.9. The first kappa shape index (κ1) is 17.1. The highest BCUT2D eigenvalue weighted by molar-refractivity contribution is 5.94. The third-order valence-electron chi connectivity index (χ3n) is 3.56.